The molecule has 0 aliphatic rings. The third-order valence-corrected chi connectivity index (χ3v) is 8.89. The summed E-state index contributed by atoms with van der Waals surface area (Å²) < 4.78 is 9.18. The van der Waals surface area contributed by atoms with Crippen LogP contribution < -0.4 is 16.6 Å². The average molecular weight is 643 g/mol. The van der Waals surface area contributed by atoms with Crippen molar-refractivity contribution in [2.75, 3.05) is 11.9 Å². The van der Waals surface area contributed by atoms with Crippen molar-refractivity contribution < 1.29 is 14.4 Å². The van der Waals surface area contributed by atoms with E-state index >= 15 is 0 Å². The van der Waals surface area contributed by atoms with Crippen molar-refractivity contribution >= 4 is 72.8 Å². The van der Waals surface area contributed by atoms with Gasteiger partial charge in [0.25, 0.3) is 11.5 Å². The monoisotopic (exact) mass is 642 g/mol. The first kappa shape index (κ1) is 30.0. The lowest BCUT2D eigenvalue weighted by molar-refractivity contribution is 0.0966. The number of anilines is 2. The number of allylic oxidation sites excluding steroid dienone is 1. The number of aromatic hydroxyl groups is 1. The molecule has 5 aromatic heterocycles. The predicted octanol–water partition coefficient (Wildman–Crippen LogP) is 5.80. The number of hydrogen-bond donors (Lipinski definition) is 4. The molecule has 12 nitrogen and oxygen atoms in total. The second kappa shape index (κ2) is 11.8. The Bertz CT molecular complexity index is 2160. The molecule has 0 radical (unpaired) electrons. The van der Waals surface area contributed by atoms with Crippen LogP contribution in [0.3, 0.4) is 0 Å². The van der Waals surface area contributed by atoms with E-state index in [1.54, 1.807) is 12.3 Å². The van der Waals surface area contributed by atoms with Crippen LogP contribution in [0.5, 0.6) is 5.88 Å². The predicted molar refractivity (Wildman–Crippen MR) is 178 cm³/mol. The maximum absolute atomic E-state index is 13.9. The first-order chi connectivity index (χ1) is 21.5. The SMILES string of the molecule is CC=Cc1cn(C(=O)c2sc(Nc3s[nH]c(=O)c3C(N)=NCCc3ccno3)nc2O)c2cc3ccc(C(C)(C)C)cc3nc12. The summed E-state index contributed by atoms with van der Waals surface area (Å²) in [5.74, 6) is -0.237. The molecule has 0 aliphatic carbocycles. The summed E-state index contributed by atoms with van der Waals surface area (Å²) in [4.78, 5) is 39.8. The van der Waals surface area contributed by atoms with E-state index in [-0.39, 0.29) is 33.4 Å². The first-order valence-electron chi connectivity index (χ1n) is 14.1. The summed E-state index contributed by atoms with van der Waals surface area (Å²) in [5, 5.41) is 18.9. The number of pyridine rings is 1. The number of benzene rings is 1. The number of nitrogens with two attached hydrogens (primary N) is 1. The van der Waals surface area contributed by atoms with Gasteiger partial charge in [-0.2, -0.15) is 4.98 Å². The number of aromatic amines is 1. The van der Waals surface area contributed by atoms with Gasteiger partial charge in [0, 0.05) is 36.2 Å². The minimum absolute atomic E-state index is 0.0164. The number of H-pyrrole nitrogens is 1. The van der Waals surface area contributed by atoms with Gasteiger partial charge in [0.05, 0.1) is 22.7 Å². The zero-order valence-electron chi connectivity index (χ0n) is 24.9. The standard InChI is InChI=1S/C31H30N8O4S2/c1-5-6-17-15-39(21-13-16-7-8-18(31(2,3)4)14-20(16)35-23(17)21)29(42)24-27(41)36-30(44-24)37-28-22(26(40)38-45-28)25(32)33-11-9-19-10-12-34-43-19/h5-8,10,12-15,41H,9,11H2,1-4H3,(H2,32,33)(H,36,37)(H,38,40). The maximum Gasteiger partial charge on any atom is 0.278 e. The van der Waals surface area contributed by atoms with E-state index in [0.717, 1.165) is 44.9 Å². The van der Waals surface area contributed by atoms with Crippen LogP contribution in [0, 0.1) is 0 Å². The van der Waals surface area contributed by atoms with E-state index in [0.29, 0.717) is 28.2 Å². The topological polar surface area (TPSA) is 177 Å². The number of fused-ring (bicyclic) bond motifs is 2. The minimum Gasteiger partial charge on any atom is -0.492 e. The number of hydrogen-bond acceptors (Lipinski definition) is 11. The Hall–Kier alpha value is -5.08. The van der Waals surface area contributed by atoms with Crippen LogP contribution in [-0.4, -0.2) is 47.5 Å². The highest BCUT2D eigenvalue weighted by molar-refractivity contribution is 7.18. The van der Waals surface area contributed by atoms with Crippen molar-refractivity contribution in [2.24, 2.45) is 10.7 Å². The van der Waals surface area contributed by atoms with Crippen molar-refractivity contribution in [2.45, 2.75) is 39.5 Å². The van der Waals surface area contributed by atoms with Gasteiger partial charge in [-0.05, 0) is 41.6 Å². The van der Waals surface area contributed by atoms with Gasteiger partial charge in [0.15, 0.2) is 10.0 Å². The normalized spacial score (nSPS) is 12.6. The summed E-state index contributed by atoms with van der Waals surface area (Å²) in [6.45, 7) is 8.64. The van der Waals surface area contributed by atoms with Crippen molar-refractivity contribution in [3.8, 4) is 5.88 Å². The number of aliphatic imine (C=N–C) groups is 1. The van der Waals surface area contributed by atoms with Crippen LogP contribution in [0.25, 0.3) is 28.0 Å². The Morgan fingerprint density at radius 2 is 2.07 bits per heavy atom. The lowest BCUT2D eigenvalue weighted by atomic mass is 9.86. The highest BCUT2D eigenvalue weighted by Crippen LogP contribution is 2.35. The number of nitrogens with one attached hydrogen (secondary N) is 2. The molecule has 230 valence electrons. The van der Waals surface area contributed by atoms with Crippen molar-refractivity contribution in [1.82, 2.24) is 24.1 Å². The first-order valence-corrected chi connectivity index (χ1v) is 15.7. The molecule has 0 unspecified atom stereocenters. The fourth-order valence-electron chi connectivity index (χ4n) is 4.83. The summed E-state index contributed by atoms with van der Waals surface area (Å²) in [6.07, 6.45) is 7.49. The Morgan fingerprint density at radius 3 is 2.80 bits per heavy atom. The minimum atomic E-state index is -0.470. The molecule has 0 spiro atoms. The van der Waals surface area contributed by atoms with Gasteiger partial charge in [-0.15, -0.1) is 0 Å². The van der Waals surface area contributed by atoms with Crippen LogP contribution >= 0.6 is 22.9 Å². The number of rotatable bonds is 8. The van der Waals surface area contributed by atoms with Gasteiger partial charge in [0.2, 0.25) is 5.88 Å². The zero-order chi connectivity index (χ0) is 31.9. The van der Waals surface area contributed by atoms with Gasteiger partial charge >= 0.3 is 0 Å². The molecule has 45 heavy (non-hydrogen) atoms. The second-order valence-electron chi connectivity index (χ2n) is 11.3. The summed E-state index contributed by atoms with van der Waals surface area (Å²) in [5.41, 5.74) is 9.87. The molecule has 6 aromatic rings. The van der Waals surface area contributed by atoms with Crippen molar-refractivity contribution in [3.05, 3.63) is 86.5 Å². The van der Waals surface area contributed by atoms with Crippen LogP contribution in [-0.2, 0) is 11.8 Å². The molecule has 0 saturated carbocycles. The van der Waals surface area contributed by atoms with Crippen molar-refractivity contribution in [3.63, 3.8) is 0 Å². The lowest BCUT2D eigenvalue weighted by Gasteiger charge is -2.19. The molecular formula is C31H30N8O4S2. The molecule has 0 atom stereocenters. The Labute approximate surface area is 265 Å². The molecule has 6 rings (SSSR count). The number of nitrogens with zero attached hydrogens (tertiary/aromatic N) is 5. The molecule has 0 aliphatic heterocycles. The molecule has 14 heteroatoms. The highest BCUT2D eigenvalue weighted by Gasteiger charge is 2.25. The van der Waals surface area contributed by atoms with Crippen LogP contribution in [0.15, 0.2) is 63.1 Å². The van der Waals surface area contributed by atoms with Gasteiger partial charge in [0.1, 0.15) is 22.2 Å². The fourth-order valence-corrected chi connectivity index (χ4v) is 6.44. The summed E-state index contributed by atoms with van der Waals surface area (Å²) >= 11 is 1.96. The van der Waals surface area contributed by atoms with E-state index < -0.39 is 17.3 Å². The molecular weight excluding hydrogens is 613 g/mol. The second-order valence-corrected chi connectivity index (χ2v) is 13.1. The Morgan fingerprint density at radius 1 is 1.24 bits per heavy atom. The third-order valence-electron chi connectivity index (χ3n) is 7.14. The molecule has 0 amide bonds. The molecule has 0 saturated heterocycles. The average Bonchev–Trinajstić information content (AvgIpc) is 3.79. The largest absolute Gasteiger partial charge is 0.492 e. The highest BCUT2D eigenvalue weighted by atomic mass is 32.1. The van der Waals surface area contributed by atoms with E-state index in [1.807, 2.05) is 31.2 Å². The zero-order valence-corrected chi connectivity index (χ0v) is 26.5. The quantitative estimate of drug-likeness (QED) is 0.118. The lowest BCUT2D eigenvalue weighted by Crippen LogP contribution is -2.22. The molecule has 5 heterocycles. The van der Waals surface area contributed by atoms with Gasteiger partial charge in [-0.1, -0.05) is 61.5 Å². The van der Waals surface area contributed by atoms with Crippen LogP contribution in [0.1, 0.15) is 59.8 Å². The van der Waals surface area contributed by atoms with Crippen LogP contribution in [0.4, 0.5) is 10.1 Å². The van der Waals surface area contributed by atoms with Crippen LogP contribution in [0.2, 0.25) is 0 Å². The maximum atomic E-state index is 13.9. The van der Waals surface area contributed by atoms with E-state index in [4.69, 9.17) is 15.2 Å². The number of carbonyl (C=O) groups is 1. The van der Waals surface area contributed by atoms with Gasteiger partial charge < -0.3 is 20.7 Å². The van der Waals surface area contributed by atoms with Gasteiger partial charge in [-0.25, -0.2) is 4.98 Å². The third kappa shape index (κ3) is 5.89. The van der Waals surface area contributed by atoms with E-state index in [1.165, 1.54) is 10.8 Å². The number of aromatic nitrogens is 5. The smallest absolute Gasteiger partial charge is 0.278 e. The summed E-state index contributed by atoms with van der Waals surface area (Å²) in [7, 11) is 0. The number of carbonyl (C=O) groups excluding carboxylic acids is 1. The fraction of sp³-hybridized carbons (Fsp3) is 0.226. The molecule has 1 aromatic carbocycles. The molecule has 0 bridgehead atoms. The van der Waals surface area contributed by atoms with E-state index in [9.17, 15) is 14.7 Å². The number of amidine groups is 1. The Balaban J connectivity index is 1.31. The Kier molecular flexibility index (Phi) is 7.85. The van der Waals surface area contributed by atoms with Crippen molar-refractivity contribution in [1.29, 1.82) is 0 Å². The van der Waals surface area contributed by atoms with Gasteiger partial charge in [-0.3, -0.25) is 23.5 Å². The number of thiazole rings is 1. The summed E-state index contributed by atoms with van der Waals surface area (Å²) in [6, 6.07) is 9.82. The van der Waals surface area contributed by atoms with E-state index in [2.05, 4.69) is 57.7 Å². The molecule has 0 fully saturated rings. The molecule has 5 N–H and O–H groups in total.